The van der Waals surface area contributed by atoms with Crippen LogP contribution in [0.3, 0.4) is 0 Å². The van der Waals surface area contributed by atoms with Crippen LogP contribution in [-0.2, 0) is 19.2 Å². The van der Waals surface area contributed by atoms with Crippen molar-refractivity contribution < 1.29 is 19.1 Å². The molecule has 0 aliphatic carbocycles. The fourth-order valence-electron chi connectivity index (χ4n) is 4.03. The van der Waals surface area contributed by atoms with E-state index in [1.165, 1.54) is 16.7 Å². The van der Waals surface area contributed by atoms with Crippen LogP contribution in [0.1, 0.15) is 28.4 Å². The summed E-state index contributed by atoms with van der Waals surface area (Å²) in [5.74, 6) is -0.903. The van der Waals surface area contributed by atoms with Crippen LogP contribution in [0.15, 0.2) is 42.5 Å². The molecule has 0 N–H and O–H groups in total. The van der Waals surface area contributed by atoms with Gasteiger partial charge in [-0.15, -0.1) is 11.8 Å². The number of amides is 2. The normalized spacial score (nSPS) is 22.5. The number of hydrogen-bond donors (Lipinski definition) is 0. The van der Waals surface area contributed by atoms with E-state index in [0.717, 1.165) is 11.3 Å². The highest BCUT2D eigenvalue weighted by Crippen LogP contribution is 2.56. The van der Waals surface area contributed by atoms with Crippen molar-refractivity contribution in [3.63, 3.8) is 0 Å². The number of halogens is 1. The summed E-state index contributed by atoms with van der Waals surface area (Å²) in [6.07, 6.45) is 0. The molecule has 2 aliphatic rings. The zero-order valence-electron chi connectivity index (χ0n) is 16.8. The first-order chi connectivity index (χ1) is 14.3. The monoisotopic (exact) mass is 444 g/mol. The molecule has 0 radical (unpaired) electrons. The topological polar surface area (TPSA) is 66.9 Å². The maximum atomic E-state index is 13.7. The quantitative estimate of drug-likeness (QED) is 0.677. The Labute approximate surface area is 184 Å². The Morgan fingerprint density at radius 2 is 1.93 bits per heavy atom. The molecule has 6 nitrogen and oxygen atoms in total. The number of ether oxygens (including phenoxy) is 1. The van der Waals surface area contributed by atoms with Crippen molar-refractivity contribution in [1.82, 2.24) is 4.90 Å². The second-order valence-electron chi connectivity index (χ2n) is 7.29. The van der Waals surface area contributed by atoms with Gasteiger partial charge in [0.1, 0.15) is 6.04 Å². The number of carbonyl (C=O) groups is 3. The first kappa shape index (κ1) is 20.8. The maximum Gasteiger partial charge on any atom is 0.329 e. The third kappa shape index (κ3) is 2.99. The lowest BCUT2D eigenvalue weighted by molar-refractivity contribution is -0.148. The minimum atomic E-state index is -1.32. The van der Waals surface area contributed by atoms with Gasteiger partial charge in [0.2, 0.25) is 0 Å². The molecule has 0 bridgehead atoms. The molecule has 1 spiro atoms. The smallest absolute Gasteiger partial charge is 0.329 e. The molecule has 2 aromatic rings. The number of benzene rings is 2. The van der Waals surface area contributed by atoms with Gasteiger partial charge in [0.05, 0.1) is 12.3 Å². The lowest BCUT2D eigenvalue weighted by atomic mass is 10.0. The number of aryl methyl sites for hydroxylation is 1. The summed E-state index contributed by atoms with van der Waals surface area (Å²) >= 11 is 7.28. The molecule has 2 aromatic carbocycles. The summed E-state index contributed by atoms with van der Waals surface area (Å²) in [4.78, 5) is 41.7. The number of esters is 1. The first-order valence-corrected chi connectivity index (χ1v) is 11.0. The van der Waals surface area contributed by atoms with E-state index >= 15 is 0 Å². The number of fused-ring (bicyclic) bond motifs is 2. The fraction of sp³-hybridized carbons (Fsp3) is 0.318. The number of anilines is 1. The lowest BCUT2D eigenvalue weighted by Gasteiger charge is -2.35. The lowest BCUT2D eigenvalue weighted by Crippen LogP contribution is -2.55. The van der Waals surface area contributed by atoms with Crippen LogP contribution < -0.4 is 4.90 Å². The van der Waals surface area contributed by atoms with Gasteiger partial charge in [0, 0.05) is 29.0 Å². The minimum Gasteiger partial charge on any atom is -0.464 e. The van der Waals surface area contributed by atoms with Crippen molar-refractivity contribution in [2.24, 2.45) is 0 Å². The fourth-order valence-corrected chi connectivity index (χ4v) is 5.77. The second kappa shape index (κ2) is 7.63. The summed E-state index contributed by atoms with van der Waals surface area (Å²) < 4.78 is 5.25. The van der Waals surface area contributed by atoms with Crippen molar-refractivity contribution >= 4 is 46.8 Å². The van der Waals surface area contributed by atoms with Gasteiger partial charge in [-0.2, -0.15) is 0 Å². The zero-order valence-corrected chi connectivity index (χ0v) is 18.4. The molecule has 30 heavy (non-hydrogen) atoms. The predicted octanol–water partition coefficient (Wildman–Crippen LogP) is 3.60. The minimum absolute atomic E-state index is 0.194. The standard InChI is InChI=1S/C22H21ClN2O4S/c1-4-29-20(27)18-12-30-22(25(18)19(26)14-6-8-15(23)9-7-14)16-11-13(2)5-10-17(16)24(3)21(22)28/h5-11,18H,4,12H2,1-3H3/t18-,22-/m0/s1. The number of nitrogens with zero attached hydrogens (tertiary/aromatic N) is 2. The van der Waals surface area contributed by atoms with Gasteiger partial charge in [-0.3, -0.25) is 14.5 Å². The first-order valence-electron chi connectivity index (χ1n) is 9.60. The van der Waals surface area contributed by atoms with E-state index in [2.05, 4.69) is 0 Å². The third-order valence-corrected chi connectivity index (χ3v) is 7.19. The van der Waals surface area contributed by atoms with E-state index in [9.17, 15) is 14.4 Å². The Bertz CT molecular complexity index is 1040. The van der Waals surface area contributed by atoms with E-state index in [-0.39, 0.29) is 18.3 Å². The van der Waals surface area contributed by atoms with Crippen LogP contribution in [-0.4, -0.2) is 48.1 Å². The molecule has 1 fully saturated rings. The number of likely N-dealkylation sites (N-methyl/N-ethyl adjacent to an activating group) is 1. The largest absolute Gasteiger partial charge is 0.464 e. The van der Waals surface area contributed by atoms with E-state index in [1.807, 2.05) is 25.1 Å². The number of carbonyl (C=O) groups excluding carboxylic acids is 3. The predicted molar refractivity (Wildman–Crippen MR) is 117 cm³/mol. The molecule has 4 rings (SSSR count). The van der Waals surface area contributed by atoms with Crippen LogP contribution in [0.25, 0.3) is 0 Å². The molecular formula is C22H21ClN2O4S. The van der Waals surface area contributed by atoms with Crippen molar-refractivity contribution in [3.8, 4) is 0 Å². The Morgan fingerprint density at radius 1 is 1.23 bits per heavy atom. The van der Waals surface area contributed by atoms with E-state index in [1.54, 1.807) is 43.1 Å². The summed E-state index contributed by atoms with van der Waals surface area (Å²) in [5.41, 5.74) is 2.77. The third-order valence-electron chi connectivity index (χ3n) is 5.44. The highest BCUT2D eigenvalue weighted by Gasteiger charge is 2.63. The highest BCUT2D eigenvalue weighted by molar-refractivity contribution is 8.01. The molecule has 1 saturated heterocycles. The van der Waals surface area contributed by atoms with E-state index < -0.39 is 22.8 Å². The molecule has 0 unspecified atom stereocenters. The molecule has 156 valence electrons. The molecule has 2 heterocycles. The number of thioether (sulfide) groups is 1. The Morgan fingerprint density at radius 3 is 2.60 bits per heavy atom. The summed E-state index contributed by atoms with van der Waals surface area (Å²) in [5, 5.41) is 0.497. The van der Waals surface area contributed by atoms with E-state index in [4.69, 9.17) is 16.3 Å². The Kier molecular flexibility index (Phi) is 5.28. The van der Waals surface area contributed by atoms with Crippen LogP contribution in [0, 0.1) is 6.92 Å². The van der Waals surface area contributed by atoms with E-state index in [0.29, 0.717) is 16.1 Å². The Balaban J connectivity index is 1.90. The molecule has 0 aromatic heterocycles. The SMILES string of the molecule is CCOC(=O)[C@@H]1CS[C@@]2(C(=O)N(C)c3ccc(C)cc32)N1C(=O)c1ccc(Cl)cc1. The van der Waals surface area contributed by atoms with Crippen LogP contribution in [0.5, 0.6) is 0 Å². The average molecular weight is 445 g/mol. The number of hydrogen-bond acceptors (Lipinski definition) is 5. The molecule has 2 amide bonds. The summed E-state index contributed by atoms with van der Waals surface area (Å²) in [6, 6.07) is 11.3. The van der Waals surface area contributed by atoms with Crippen molar-refractivity contribution in [2.75, 3.05) is 24.3 Å². The average Bonchev–Trinajstić information content (AvgIpc) is 3.22. The van der Waals surface area contributed by atoms with Crippen molar-refractivity contribution in [3.05, 3.63) is 64.2 Å². The number of rotatable bonds is 3. The molecule has 8 heteroatoms. The van der Waals surface area contributed by atoms with Gasteiger partial charge < -0.3 is 9.64 Å². The van der Waals surface area contributed by atoms with Gasteiger partial charge in [0.15, 0.2) is 4.87 Å². The molecule has 2 atom stereocenters. The maximum absolute atomic E-state index is 13.7. The Hall–Kier alpha value is -2.51. The van der Waals surface area contributed by atoms with Gasteiger partial charge in [-0.25, -0.2) is 4.79 Å². The van der Waals surface area contributed by atoms with Crippen molar-refractivity contribution in [2.45, 2.75) is 24.8 Å². The van der Waals surface area contributed by atoms with Gasteiger partial charge >= 0.3 is 5.97 Å². The van der Waals surface area contributed by atoms with Crippen LogP contribution in [0.4, 0.5) is 5.69 Å². The van der Waals surface area contributed by atoms with Gasteiger partial charge in [-0.1, -0.05) is 29.3 Å². The van der Waals surface area contributed by atoms with Gasteiger partial charge in [0.25, 0.3) is 11.8 Å². The summed E-state index contributed by atoms with van der Waals surface area (Å²) in [7, 11) is 1.69. The van der Waals surface area contributed by atoms with Crippen LogP contribution in [0.2, 0.25) is 5.02 Å². The molecular weight excluding hydrogens is 424 g/mol. The van der Waals surface area contributed by atoms with Crippen molar-refractivity contribution in [1.29, 1.82) is 0 Å². The van der Waals surface area contributed by atoms with Crippen LogP contribution >= 0.6 is 23.4 Å². The highest BCUT2D eigenvalue weighted by atomic mass is 35.5. The summed E-state index contributed by atoms with van der Waals surface area (Å²) in [6.45, 7) is 3.85. The zero-order chi connectivity index (χ0) is 21.6. The van der Waals surface area contributed by atoms with Gasteiger partial charge in [-0.05, 0) is 44.2 Å². The molecule has 0 saturated carbocycles. The molecule has 2 aliphatic heterocycles. The second-order valence-corrected chi connectivity index (χ2v) is 8.94.